The molecule has 3 heterocycles. The van der Waals surface area contributed by atoms with Crippen molar-refractivity contribution in [2.75, 3.05) is 6.54 Å². The van der Waals surface area contributed by atoms with Crippen LogP contribution >= 0.6 is 0 Å². The first-order valence-corrected chi connectivity index (χ1v) is 7.51. The number of hydrogen-bond donors (Lipinski definition) is 0. The van der Waals surface area contributed by atoms with E-state index in [1.807, 2.05) is 32.9 Å². The summed E-state index contributed by atoms with van der Waals surface area (Å²) in [5.41, 5.74) is 2.98. The van der Waals surface area contributed by atoms with Gasteiger partial charge in [0, 0.05) is 42.4 Å². The predicted molar refractivity (Wildman–Crippen MR) is 84.3 cm³/mol. The largest absolute Gasteiger partial charge is 0.444 e. The lowest BCUT2D eigenvalue weighted by Crippen LogP contribution is -2.41. The van der Waals surface area contributed by atoms with Crippen LogP contribution in [0.4, 0.5) is 4.79 Å². The molecule has 1 aliphatic heterocycles. The highest BCUT2D eigenvalue weighted by Gasteiger charge is 2.26. The summed E-state index contributed by atoms with van der Waals surface area (Å²) in [5, 5.41) is 0. The Bertz CT molecular complexity index is 671. The molecule has 22 heavy (non-hydrogen) atoms. The van der Waals surface area contributed by atoms with Gasteiger partial charge >= 0.3 is 6.09 Å². The molecule has 116 valence electrons. The van der Waals surface area contributed by atoms with Crippen LogP contribution in [-0.4, -0.2) is 32.7 Å². The number of ether oxygens (including phenoxy) is 1. The molecule has 5 heteroatoms. The van der Waals surface area contributed by atoms with Gasteiger partial charge in [0.15, 0.2) is 0 Å². The van der Waals surface area contributed by atoms with Crippen molar-refractivity contribution in [3.63, 3.8) is 0 Å². The molecule has 0 N–H and O–H groups in total. The van der Waals surface area contributed by atoms with Crippen molar-refractivity contribution >= 4 is 6.09 Å². The summed E-state index contributed by atoms with van der Waals surface area (Å²) in [4.78, 5) is 18.0. The van der Waals surface area contributed by atoms with E-state index in [0.717, 1.165) is 17.8 Å². The second kappa shape index (κ2) is 5.48. The topological polar surface area (TPSA) is 47.4 Å². The SMILES string of the molecule is CC(C)(C)OC(=O)N1CCn2c(ccc2-c2ccncc2)C1. The molecular weight excluding hydrogens is 278 g/mol. The molecule has 5 nitrogen and oxygen atoms in total. The highest BCUT2D eigenvalue weighted by molar-refractivity contribution is 5.68. The number of carbonyl (C=O) groups excluding carboxylic acids is 1. The Morgan fingerprint density at radius 2 is 1.86 bits per heavy atom. The van der Waals surface area contributed by atoms with E-state index < -0.39 is 5.60 Å². The van der Waals surface area contributed by atoms with Crippen molar-refractivity contribution in [3.8, 4) is 11.3 Å². The number of aromatic nitrogens is 2. The smallest absolute Gasteiger partial charge is 0.410 e. The molecule has 2 aromatic rings. The minimum absolute atomic E-state index is 0.245. The summed E-state index contributed by atoms with van der Waals surface area (Å²) in [5.74, 6) is 0. The van der Waals surface area contributed by atoms with Crippen LogP contribution in [-0.2, 0) is 17.8 Å². The van der Waals surface area contributed by atoms with E-state index in [-0.39, 0.29) is 6.09 Å². The monoisotopic (exact) mass is 299 g/mol. The van der Waals surface area contributed by atoms with E-state index >= 15 is 0 Å². The van der Waals surface area contributed by atoms with Gasteiger partial charge in [0.2, 0.25) is 0 Å². The van der Waals surface area contributed by atoms with Crippen LogP contribution in [0, 0.1) is 0 Å². The van der Waals surface area contributed by atoms with E-state index in [1.54, 1.807) is 17.3 Å². The average molecular weight is 299 g/mol. The molecule has 2 aromatic heterocycles. The molecule has 0 fully saturated rings. The highest BCUT2D eigenvalue weighted by atomic mass is 16.6. The van der Waals surface area contributed by atoms with E-state index in [0.29, 0.717) is 13.1 Å². The Morgan fingerprint density at radius 1 is 1.14 bits per heavy atom. The fourth-order valence-electron chi connectivity index (χ4n) is 2.66. The summed E-state index contributed by atoms with van der Waals surface area (Å²) in [6, 6.07) is 8.18. The van der Waals surface area contributed by atoms with Gasteiger partial charge in [-0.05, 0) is 45.0 Å². The number of amides is 1. The lowest BCUT2D eigenvalue weighted by atomic mass is 10.2. The zero-order valence-corrected chi connectivity index (χ0v) is 13.2. The van der Waals surface area contributed by atoms with Crippen molar-refractivity contribution in [2.24, 2.45) is 0 Å². The number of hydrogen-bond acceptors (Lipinski definition) is 3. The van der Waals surface area contributed by atoms with Crippen molar-refractivity contribution in [3.05, 3.63) is 42.4 Å². The van der Waals surface area contributed by atoms with Gasteiger partial charge in [0.25, 0.3) is 0 Å². The molecule has 1 amide bonds. The molecule has 1 aliphatic rings. The van der Waals surface area contributed by atoms with Gasteiger partial charge in [-0.1, -0.05) is 0 Å². The quantitative estimate of drug-likeness (QED) is 0.811. The minimum Gasteiger partial charge on any atom is -0.444 e. The van der Waals surface area contributed by atoms with E-state index in [1.165, 1.54) is 5.69 Å². The van der Waals surface area contributed by atoms with Gasteiger partial charge in [-0.25, -0.2) is 4.79 Å². The zero-order chi connectivity index (χ0) is 15.7. The van der Waals surface area contributed by atoms with Gasteiger partial charge in [-0.2, -0.15) is 0 Å². The number of fused-ring (bicyclic) bond motifs is 1. The maximum atomic E-state index is 12.2. The molecule has 0 aromatic carbocycles. The first-order chi connectivity index (χ1) is 10.4. The van der Waals surface area contributed by atoms with E-state index in [9.17, 15) is 4.79 Å². The van der Waals surface area contributed by atoms with Crippen LogP contribution in [0.3, 0.4) is 0 Å². The second-order valence-electron chi connectivity index (χ2n) is 6.50. The minimum atomic E-state index is -0.460. The predicted octanol–water partition coefficient (Wildman–Crippen LogP) is 3.30. The van der Waals surface area contributed by atoms with Crippen LogP contribution in [0.25, 0.3) is 11.3 Å². The molecule has 0 bridgehead atoms. The number of rotatable bonds is 1. The van der Waals surface area contributed by atoms with Crippen LogP contribution < -0.4 is 0 Å². The Hall–Kier alpha value is -2.30. The maximum Gasteiger partial charge on any atom is 0.410 e. The molecule has 0 saturated carbocycles. The molecule has 0 unspecified atom stereocenters. The fourth-order valence-corrected chi connectivity index (χ4v) is 2.66. The lowest BCUT2D eigenvalue weighted by molar-refractivity contribution is 0.0199. The van der Waals surface area contributed by atoms with Crippen molar-refractivity contribution in [1.82, 2.24) is 14.5 Å². The average Bonchev–Trinajstić information content (AvgIpc) is 2.89. The molecule has 0 spiro atoms. The first-order valence-electron chi connectivity index (χ1n) is 7.51. The fraction of sp³-hybridized carbons (Fsp3) is 0.412. The third-order valence-corrected chi connectivity index (χ3v) is 3.65. The number of carbonyl (C=O) groups is 1. The first kappa shape index (κ1) is 14.6. The summed E-state index contributed by atoms with van der Waals surface area (Å²) in [6.07, 6.45) is 3.35. The molecule has 0 radical (unpaired) electrons. The Kier molecular flexibility index (Phi) is 3.64. The van der Waals surface area contributed by atoms with Crippen LogP contribution in [0.1, 0.15) is 26.5 Å². The van der Waals surface area contributed by atoms with Gasteiger partial charge in [0.05, 0.1) is 6.54 Å². The van der Waals surface area contributed by atoms with E-state index in [4.69, 9.17) is 4.74 Å². The summed E-state index contributed by atoms with van der Waals surface area (Å²) in [6.45, 7) is 7.69. The van der Waals surface area contributed by atoms with E-state index in [2.05, 4.69) is 21.7 Å². The molecule has 0 aliphatic carbocycles. The van der Waals surface area contributed by atoms with Crippen molar-refractivity contribution < 1.29 is 9.53 Å². The maximum absolute atomic E-state index is 12.2. The van der Waals surface area contributed by atoms with Gasteiger partial charge in [-0.15, -0.1) is 0 Å². The highest BCUT2D eigenvalue weighted by Crippen LogP contribution is 2.26. The third-order valence-electron chi connectivity index (χ3n) is 3.65. The van der Waals surface area contributed by atoms with Crippen molar-refractivity contribution in [2.45, 2.75) is 39.5 Å². The summed E-state index contributed by atoms with van der Waals surface area (Å²) >= 11 is 0. The second-order valence-corrected chi connectivity index (χ2v) is 6.50. The molecular formula is C17H21N3O2. The molecule has 3 rings (SSSR count). The number of nitrogens with zero attached hydrogens (tertiary/aromatic N) is 3. The van der Waals surface area contributed by atoms with Crippen LogP contribution in [0.2, 0.25) is 0 Å². The molecule has 0 saturated heterocycles. The standard InChI is InChI=1S/C17H21N3O2/c1-17(2,3)22-16(21)19-10-11-20-14(12-19)4-5-15(20)13-6-8-18-9-7-13/h4-9H,10-12H2,1-3H3. The Labute approximate surface area is 130 Å². The molecule has 0 atom stereocenters. The number of pyridine rings is 1. The van der Waals surface area contributed by atoms with Gasteiger partial charge < -0.3 is 14.2 Å². The summed E-state index contributed by atoms with van der Waals surface area (Å²) < 4.78 is 7.71. The van der Waals surface area contributed by atoms with Gasteiger partial charge in [0.1, 0.15) is 5.60 Å². The lowest BCUT2D eigenvalue weighted by Gasteiger charge is -2.31. The van der Waals surface area contributed by atoms with Crippen molar-refractivity contribution in [1.29, 1.82) is 0 Å². The van der Waals surface area contributed by atoms with Crippen LogP contribution in [0.15, 0.2) is 36.7 Å². The zero-order valence-electron chi connectivity index (χ0n) is 13.2. The Balaban J connectivity index is 1.78. The summed E-state index contributed by atoms with van der Waals surface area (Å²) in [7, 11) is 0. The van der Waals surface area contributed by atoms with Crippen LogP contribution in [0.5, 0.6) is 0 Å². The normalized spacial score (nSPS) is 14.6. The van der Waals surface area contributed by atoms with Gasteiger partial charge in [-0.3, -0.25) is 4.98 Å². The third kappa shape index (κ3) is 2.98. The Morgan fingerprint density at radius 3 is 2.55 bits per heavy atom.